The molecule has 0 aromatic rings. The summed E-state index contributed by atoms with van der Waals surface area (Å²) in [6.07, 6.45) is 11.0. The molecular weight excluding hydrogens is 454 g/mol. The molecular formula is C29H47N3O4. The molecule has 0 aromatic heterocycles. The Balaban J connectivity index is 2.97. The van der Waals surface area contributed by atoms with Gasteiger partial charge in [0.25, 0.3) is 5.91 Å². The molecule has 0 spiro atoms. The zero-order valence-corrected chi connectivity index (χ0v) is 23.5. The second-order valence-corrected chi connectivity index (χ2v) is 10.1. The van der Waals surface area contributed by atoms with E-state index in [-0.39, 0.29) is 36.5 Å². The van der Waals surface area contributed by atoms with E-state index in [0.29, 0.717) is 24.8 Å². The average Bonchev–Trinajstić information content (AvgIpc) is 2.82. The van der Waals surface area contributed by atoms with Crippen molar-refractivity contribution in [2.75, 3.05) is 26.7 Å². The van der Waals surface area contributed by atoms with Crippen LogP contribution in [0, 0.1) is 5.92 Å². The van der Waals surface area contributed by atoms with Crippen LogP contribution in [0.3, 0.4) is 0 Å². The highest BCUT2D eigenvalue weighted by Crippen LogP contribution is 2.25. The van der Waals surface area contributed by atoms with Crippen LogP contribution in [0.2, 0.25) is 0 Å². The maximum absolute atomic E-state index is 13.3. The number of methoxy groups -OCH3 is 1. The van der Waals surface area contributed by atoms with Crippen molar-refractivity contribution in [1.29, 1.82) is 0 Å². The van der Waals surface area contributed by atoms with Gasteiger partial charge in [-0.05, 0) is 72.8 Å². The Morgan fingerprint density at radius 2 is 1.69 bits per heavy atom. The predicted octanol–water partition coefficient (Wildman–Crippen LogP) is 5.12. The summed E-state index contributed by atoms with van der Waals surface area (Å²) in [4.78, 5) is 47.0. The lowest BCUT2D eigenvalue weighted by Crippen LogP contribution is -2.50. The molecule has 0 atom stereocenters. The van der Waals surface area contributed by atoms with Gasteiger partial charge in [-0.15, -0.1) is 0 Å². The van der Waals surface area contributed by atoms with Gasteiger partial charge in [-0.25, -0.2) is 0 Å². The van der Waals surface area contributed by atoms with Crippen LogP contribution >= 0.6 is 0 Å². The zero-order valence-electron chi connectivity index (χ0n) is 23.5. The minimum Gasteiger partial charge on any atom is -0.497 e. The van der Waals surface area contributed by atoms with Gasteiger partial charge in [0.1, 0.15) is 12.3 Å². The van der Waals surface area contributed by atoms with Crippen molar-refractivity contribution in [3.8, 4) is 0 Å². The minimum absolute atomic E-state index is 0.00831. The molecule has 0 bridgehead atoms. The highest BCUT2D eigenvalue weighted by atomic mass is 16.5. The molecule has 0 N–H and O–H groups in total. The van der Waals surface area contributed by atoms with Gasteiger partial charge in [0.2, 0.25) is 11.7 Å². The number of allylic oxidation sites excluding steroid dienone is 3. The second kappa shape index (κ2) is 16.1. The maximum atomic E-state index is 13.3. The van der Waals surface area contributed by atoms with E-state index in [2.05, 4.69) is 11.6 Å². The Kier molecular flexibility index (Phi) is 14.0. The number of rotatable bonds is 14. The first kappa shape index (κ1) is 31.3. The topological polar surface area (TPSA) is 79.3 Å². The number of amides is 2. The minimum atomic E-state index is -0.645. The lowest BCUT2D eigenvalue weighted by molar-refractivity contribution is -0.148. The first-order chi connectivity index (χ1) is 17.0. The van der Waals surface area contributed by atoms with Gasteiger partial charge in [-0.1, -0.05) is 31.9 Å². The third kappa shape index (κ3) is 10.5. The summed E-state index contributed by atoms with van der Waals surface area (Å²) in [7, 11) is 1.57. The maximum Gasteiger partial charge on any atom is 0.295 e. The monoisotopic (exact) mass is 501 g/mol. The van der Waals surface area contributed by atoms with E-state index in [1.54, 1.807) is 24.2 Å². The Bertz CT molecular complexity index is 841. The Morgan fingerprint density at radius 1 is 1.08 bits per heavy atom. The van der Waals surface area contributed by atoms with Crippen molar-refractivity contribution in [3.05, 3.63) is 36.1 Å². The SMILES string of the molecule is C=C(C/C=C\C(=C/C(C)=NCC)OC)C(=O)C(=O)N(CC(=O)N(C(C)C)C(C)C)CC1CCCCC1. The van der Waals surface area contributed by atoms with Gasteiger partial charge in [0.15, 0.2) is 0 Å². The first-order valence-corrected chi connectivity index (χ1v) is 13.3. The van der Waals surface area contributed by atoms with Crippen LogP contribution in [0.15, 0.2) is 41.1 Å². The summed E-state index contributed by atoms with van der Waals surface area (Å²) >= 11 is 0. The van der Waals surface area contributed by atoms with Crippen molar-refractivity contribution >= 4 is 23.3 Å². The van der Waals surface area contributed by atoms with Crippen LogP contribution in [0.4, 0.5) is 0 Å². The standard InChI is InChI=1S/C29H47N3O4/c1-9-30-24(7)18-26(36-8)17-13-14-23(6)28(34)29(35)31(19-25-15-11-10-12-16-25)20-27(33)32(21(2)3)22(4)5/h13,17-18,21-22,25H,6,9-12,14-16,19-20H2,1-5,7-8H3/b17-13-,26-18+,30-24?. The average molecular weight is 502 g/mol. The van der Waals surface area contributed by atoms with E-state index in [0.717, 1.165) is 31.4 Å². The van der Waals surface area contributed by atoms with Crippen LogP contribution in [0.1, 0.15) is 80.1 Å². The number of ether oxygens (including phenoxy) is 1. The number of hydrogen-bond acceptors (Lipinski definition) is 5. The first-order valence-electron chi connectivity index (χ1n) is 13.3. The molecule has 1 fully saturated rings. The number of aliphatic imine (C=N–C) groups is 1. The van der Waals surface area contributed by atoms with Crippen molar-refractivity contribution in [2.24, 2.45) is 10.9 Å². The fourth-order valence-corrected chi connectivity index (χ4v) is 4.70. The van der Waals surface area contributed by atoms with Crippen LogP contribution in [-0.4, -0.2) is 71.9 Å². The van der Waals surface area contributed by atoms with E-state index in [4.69, 9.17) is 4.74 Å². The molecule has 1 aliphatic carbocycles. The molecule has 0 heterocycles. The van der Waals surface area contributed by atoms with Crippen LogP contribution in [0.5, 0.6) is 0 Å². The molecule has 1 aliphatic rings. The second-order valence-electron chi connectivity index (χ2n) is 10.1. The Labute approximate surface area is 218 Å². The predicted molar refractivity (Wildman–Crippen MR) is 147 cm³/mol. The molecule has 0 saturated heterocycles. The van der Waals surface area contributed by atoms with Crippen LogP contribution in [0.25, 0.3) is 0 Å². The number of carbonyl (C=O) groups excluding carboxylic acids is 3. The molecule has 2 amide bonds. The van der Waals surface area contributed by atoms with Crippen LogP contribution in [-0.2, 0) is 19.1 Å². The smallest absolute Gasteiger partial charge is 0.295 e. The summed E-state index contributed by atoms with van der Waals surface area (Å²) in [6.45, 7) is 16.6. The summed E-state index contributed by atoms with van der Waals surface area (Å²) < 4.78 is 5.35. The Morgan fingerprint density at radius 3 is 2.22 bits per heavy atom. The molecule has 0 aromatic carbocycles. The van der Waals surface area contributed by atoms with E-state index < -0.39 is 11.7 Å². The van der Waals surface area contributed by atoms with Crippen molar-refractivity contribution in [2.45, 2.75) is 92.2 Å². The molecule has 202 valence electrons. The highest BCUT2D eigenvalue weighted by molar-refractivity contribution is 6.42. The third-order valence-corrected chi connectivity index (χ3v) is 6.37. The fraction of sp³-hybridized carbons (Fsp3) is 0.655. The van der Waals surface area contributed by atoms with Crippen molar-refractivity contribution in [1.82, 2.24) is 9.80 Å². The number of hydrogen-bond donors (Lipinski definition) is 0. The normalized spacial score (nSPS) is 15.5. The fourth-order valence-electron chi connectivity index (χ4n) is 4.70. The number of carbonyl (C=O) groups is 3. The van der Waals surface area contributed by atoms with Gasteiger partial charge >= 0.3 is 0 Å². The Hall–Kier alpha value is -2.70. The van der Waals surface area contributed by atoms with E-state index in [1.165, 1.54) is 11.3 Å². The van der Waals surface area contributed by atoms with E-state index >= 15 is 0 Å². The quantitative estimate of drug-likeness (QED) is 0.109. The number of nitrogens with zero attached hydrogens (tertiary/aromatic N) is 3. The van der Waals surface area contributed by atoms with Gasteiger partial charge in [-0.3, -0.25) is 19.4 Å². The summed E-state index contributed by atoms with van der Waals surface area (Å²) in [5.41, 5.74) is 1.03. The largest absolute Gasteiger partial charge is 0.497 e. The van der Waals surface area contributed by atoms with Gasteiger partial charge < -0.3 is 14.5 Å². The molecule has 0 aliphatic heterocycles. The molecule has 0 radical (unpaired) electrons. The molecule has 7 heteroatoms. The van der Waals surface area contributed by atoms with Gasteiger partial charge in [0, 0.05) is 42.5 Å². The molecule has 36 heavy (non-hydrogen) atoms. The lowest BCUT2D eigenvalue weighted by Gasteiger charge is -2.34. The molecule has 7 nitrogen and oxygen atoms in total. The van der Waals surface area contributed by atoms with E-state index in [9.17, 15) is 14.4 Å². The summed E-state index contributed by atoms with van der Waals surface area (Å²) in [6, 6.07) is 0.0166. The number of Topliss-reactive ketones (excluding diaryl/α,β-unsaturated/α-hetero) is 1. The molecule has 0 unspecified atom stereocenters. The third-order valence-electron chi connectivity index (χ3n) is 6.37. The highest BCUT2D eigenvalue weighted by Gasteiger charge is 2.30. The summed E-state index contributed by atoms with van der Waals surface area (Å²) in [5.74, 6) is -0.515. The molecule has 1 rings (SSSR count). The number of ketones is 1. The van der Waals surface area contributed by atoms with Gasteiger partial charge in [0.05, 0.1) is 7.11 Å². The van der Waals surface area contributed by atoms with E-state index in [1.807, 2.05) is 47.6 Å². The van der Waals surface area contributed by atoms with Gasteiger partial charge in [-0.2, -0.15) is 0 Å². The summed E-state index contributed by atoms with van der Waals surface area (Å²) in [5, 5.41) is 0. The van der Waals surface area contributed by atoms with Crippen molar-refractivity contribution in [3.63, 3.8) is 0 Å². The van der Waals surface area contributed by atoms with Crippen molar-refractivity contribution < 1.29 is 19.1 Å². The molecule has 1 saturated carbocycles. The zero-order chi connectivity index (χ0) is 27.3. The van der Waals surface area contributed by atoms with Crippen LogP contribution < -0.4 is 0 Å². The lowest BCUT2D eigenvalue weighted by atomic mass is 9.88.